The van der Waals surface area contributed by atoms with E-state index < -0.39 is 5.63 Å². The number of piperidine rings is 1. The topological polar surface area (TPSA) is 64.6 Å². The third kappa shape index (κ3) is 3.78. The summed E-state index contributed by atoms with van der Waals surface area (Å²) < 4.78 is 17.1. The molecule has 3 heterocycles. The first kappa shape index (κ1) is 17.9. The van der Waals surface area contributed by atoms with Gasteiger partial charge >= 0.3 is 5.63 Å². The Hall–Kier alpha value is -2.53. The zero-order valence-corrected chi connectivity index (χ0v) is 15.7. The highest BCUT2D eigenvalue weighted by molar-refractivity contribution is 5.81. The number of hydrogen-bond acceptors (Lipinski definition) is 5. The summed E-state index contributed by atoms with van der Waals surface area (Å²) in [6.07, 6.45) is 5.89. The van der Waals surface area contributed by atoms with E-state index in [1.807, 2.05) is 18.2 Å². The average Bonchev–Trinajstić information content (AvgIpc) is 3.21. The third-order valence-corrected chi connectivity index (χ3v) is 5.35. The van der Waals surface area contributed by atoms with E-state index >= 15 is 0 Å². The average molecular weight is 367 g/mol. The molecule has 3 aromatic rings. The van der Waals surface area contributed by atoms with Gasteiger partial charge in [-0.25, -0.2) is 4.79 Å². The number of furan rings is 1. The lowest BCUT2D eigenvalue weighted by Gasteiger charge is -2.35. The maximum absolute atomic E-state index is 12.3. The van der Waals surface area contributed by atoms with Crippen LogP contribution >= 0.6 is 0 Å². The lowest BCUT2D eigenvalue weighted by molar-refractivity contribution is 0.112. The highest BCUT2D eigenvalue weighted by Crippen LogP contribution is 2.27. The van der Waals surface area contributed by atoms with Crippen LogP contribution in [0.2, 0.25) is 0 Å². The van der Waals surface area contributed by atoms with E-state index in [0.29, 0.717) is 29.0 Å². The second-order valence-electron chi connectivity index (χ2n) is 7.21. The number of nitrogens with one attached hydrogen (secondary N) is 1. The Morgan fingerprint density at radius 1 is 1.11 bits per heavy atom. The Balaban J connectivity index is 1.58. The quantitative estimate of drug-likeness (QED) is 0.660. The van der Waals surface area contributed by atoms with Gasteiger partial charge in [0.25, 0.3) is 0 Å². The molecule has 2 atom stereocenters. The molecule has 4 rings (SSSR count). The molecule has 0 saturated carbocycles. The monoisotopic (exact) mass is 367 g/mol. The van der Waals surface area contributed by atoms with Gasteiger partial charge in [0, 0.05) is 23.5 Å². The zero-order chi connectivity index (χ0) is 18.8. The van der Waals surface area contributed by atoms with Gasteiger partial charge in [0.05, 0.1) is 6.26 Å². The minimum atomic E-state index is -0.409. The molecule has 2 unspecified atom stereocenters. The molecule has 142 valence electrons. The normalized spacial score (nSPS) is 22.8. The summed E-state index contributed by atoms with van der Waals surface area (Å²) in [4.78, 5) is 12.3. The third-order valence-electron chi connectivity index (χ3n) is 5.35. The van der Waals surface area contributed by atoms with E-state index in [1.54, 1.807) is 24.5 Å². The van der Waals surface area contributed by atoms with Crippen molar-refractivity contribution in [1.29, 1.82) is 0 Å². The summed E-state index contributed by atoms with van der Waals surface area (Å²) in [6.45, 7) is 4.40. The first-order valence-electron chi connectivity index (χ1n) is 9.70. The van der Waals surface area contributed by atoms with Gasteiger partial charge in [0.2, 0.25) is 0 Å². The predicted octanol–water partition coefficient (Wildman–Crippen LogP) is 4.74. The molecule has 1 aromatic carbocycles. The fourth-order valence-corrected chi connectivity index (χ4v) is 3.83. The molecule has 27 heavy (non-hydrogen) atoms. The van der Waals surface area contributed by atoms with Crippen molar-refractivity contribution in [3.8, 4) is 17.1 Å². The smallest absolute Gasteiger partial charge is 0.347 e. The van der Waals surface area contributed by atoms with Crippen LogP contribution in [-0.2, 0) is 0 Å². The van der Waals surface area contributed by atoms with Gasteiger partial charge in [-0.3, -0.25) is 0 Å². The van der Waals surface area contributed by atoms with Crippen LogP contribution in [0, 0.1) is 0 Å². The van der Waals surface area contributed by atoms with E-state index in [0.717, 1.165) is 36.8 Å². The van der Waals surface area contributed by atoms with Crippen molar-refractivity contribution >= 4 is 11.0 Å². The van der Waals surface area contributed by atoms with Gasteiger partial charge in [-0.05, 0) is 56.0 Å². The number of rotatable bonds is 5. The molecule has 5 nitrogen and oxygen atoms in total. The van der Waals surface area contributed by atoms with Gasteiger partial charge in [-0.2, -0.15) is 0 Å². The van der Waals surface area contributed by atoms with Crippen molar-refractivity contribution in [2.45, 2.75) is 57.7 Å². The summed E-state index contributed by atoms with van der Waals surface area (Å²) in [7, 11) is 0. The zero-order valence-electron chi connectivity index (χ0n) is 15.7. The Morgan fingerprint density at radius 3 is 2.56 bits per heavy atom. The summed E-state index contributed by atoms with van der Waals surface area (Å²) in [5, 5.41) is 4.52. The summed E-state index contributed by atoms with van der Waals surface area (Å²) in [5.74, 6) is 1.25. The number of fused-ring (bicyclic) bond motifs is 1. The van der Waals surface area contributed by atoms with Crippen molar-refractivity contribution in [1.82, 2.24) is 5.32 Å². The first-order chi connectivity index (χ1) is 13.2. The van der Waals surface area contributed by atoms with Crippen LogP contribution in [0.1, 0.15) is 39.5 Å². The number of benzene rings is 1. The van der Waals surface area contributed by atoms with Crippen LogP contribution in [0.4, 0.5) is 0 Å². The van der Waals surface area contributed by atoms with E-state index in [4.69, 9.17) is 13.6 Å². The fourth-order valence-electron chi connectivity index (χ4n) is 3.83. The highest BCUT2D eigenvalue weighted by Gasteiger charge is 2.27. The molecule has 0 spiro atoms. The molecule has 0 aliphatic carbocycles. The Kier molecular flexibility index (Phi) is 5.03. The molecule has 1 aliphatic heterocycles. The molecule has 1 saturated heterocycles. The molecule has 1 N–H and O–H groups in total. The van der Waals surface area contributed by atoms with Crippen LogP contribution in [0.25, 0.3) is 22.3 Å². The van der Waals surface area contributed by atoms with Crippen molar-refractivity contribution in [3.05, 3.63) is 53.1 Å². The van der Waals surface area contributed by atoms with Crippen LogP contribution in [0.3, 0.4) is 0 Å². The van der Waals surface area contributed by atoms with Gasteiger partial charge in [-0.1, -0.05) is 13.8 Å². The van der Waals surface area contributed by atoms with Crippen LogP contribution in [0.5, 0.6) is 5.75 Å². The Morgan fingerprint density at radius 2 is 1.89 bits per heavy atom. The minimum Gasteiger partial charge on any atom is -0.490 e. The first-order valence-corrected chi connectivity index (χ1v) is 9.70. The second kappa shape index (κ2) is 7.61. The molecule has 5 heteroatoms. The molecular formula is C22H25NO4. The number of hydrogen-bond donors (Lipinski definition) is 1. The largest absolute Gasteiger partial charge is 0.490 e. The Labute approximate surface area is 158 Å². The summed E-state index contributed by atoms with van der Waals surface area (Å²) in [6, 6.07) is 12.0. The lowest BCUT2D eigenvalue weighted by Crippen LogP contribution is -2.48. The highest BCUT2D eigenvalue weighted by atomic mass is 16.5. The second-order valence-corrected chi connectivity index (χ2v) is 7.21. The van der Waals surface area contributed by atoms with Crippen LogP contribution in [0.15, 0.2) is 56.3 Å². The molecule has 1 fully saturated rings. The molecule has 0 bridgehead atoms. The maximum atomic E-state index is 12.3. The molecule has 0 amide bonds. The summed E-state index contributed by atoms with van der Waals surface area (Å²) >= 11 is 0. The van der Waals surface area contributed by atoms with E-state index in [1.165, 1.54) is 0 Å². The molecule has 0 radical (unpaired) electrons. The van der Waals surface area contributed by atoms with Gasteiger partial charge in [-0.15, -0.1) is 0 Å². The molecular weight excluding hydrogens is 342 g/mol. The van der Waals surface area contributed by atoms with Gasteiger partial charge in [0.1, 0.15) is 28.8 Å². The van der Waals surface area contributed by atoms with Crippen LogP contribution < -0.4 is 15.7 Å². The van der Waals surface area contributed by atoms with E-state index in [2.05, 4.69) is 19.2 Å². The van der Waals surface area contributed by atoms with E-state index in [-0.39, 0.29) is 6.10 Å². The number of ether oxygens (including phenoxy) is 1. The van der Waals surface area contributed by atoms with Crippen molar-refractivity contribution < 1.29 is 13.6 Å². The SMILES string of the molecule is CCC1CC(Oc2ccc3cc(-c4ccco4)c(=O)oc3c2)CC(CC)N1. The van der Waals surface area contributed by atoms with Gasteiger partial charge in [0.15, 0.2) is 0 Å². The molecule has 2 aromatic heterocycles. The lowest BCUT2D eigenvalue weighted by atomic mass is 9.93. The van der Waals surface area contributed by atoms with Crippen molar-refractivity contribution in [2.75, 3.05) is 0 Å². The maximum Gasteiger partial charge on any atom is 0.347 e. The predicted molar refractivity (Wildman–Crippen MR) is 105 cm³/mol. The Bertz CT molecular complexity index is 948. The summed E-state index contributed by atoms with van der Waals surface area (Å²) in [5.41, 5.74) is 0.547. The van der Waals surface area contributed by atoms with Gasteiger partial charge < -0.3 is 18.9 Å². The van der Waals surface area contributed by atoms with E-state index in [9.17, 15) is 4.79 Å². The minimum absolute atomic E-state index is 0.174. The van der Waals surface area contributed by atoms with Crippen molar-refractivity contribution in [3.63, 3.8) is 0 Å². The van der Waals surface area contributed by atoms with Crippen molar-refractivity contribution in [2.24, 2.45) is 0 Å². The van der Waals surface area contributed by atoms with Crippen LogP contribution in [-0.4, -0.2) is 18.2 Å². The molecule has 1 aliphatic rings. The standard InChI is InChI=1S/C22H25NO4/c1-3-15-11-18(12-16(4-2)23-15)26-17-8-7-14-10-19(20-6-5-9-25-20)22(24)27-21(14)13-17/h5-10,13,15-16,18,23H,3-4,11-12H2,1-2H3. The fraction of sp³-hybridized carbons (Fsp3) is 0.409.